The van der Waals surface area contributed by atoms with Crippen molar-refractivity contribution in [2.24, 2.45) is 5.92 Å². The zero-order chi connectivity index (χ0) is 25.0. The van der Waals surface area contributed by atoms with Gasteiger partial charge in [0.25, 0.3) is 0 Å². The molecule has 0 radical (unpaired) electrons. The van der Waals surface area contributed by atoms with Gasteiger partial charge < -0.3 is 14.6 Å². The van der Waals surface area contributed by atoms with Crippen LogP contribution in [0.3, 0.4) is 0 Å². The molecule has 1 N–H and O–H groups in total. The van der Waals surface area contributed by atoms with E-state index in [4.69, 9.17) is 0 Å². The summed E-state index contributed by atoms with van der Waals surface area (Å²) in [5, 5.41) is 10.3. The summed E-state index contributed by atoms with van der Waals surface area (Å²) in [6.45, 7) is 3.02. The van der Waals surface area contributed by atoms with Gasteiger partial charge in [0.15, 0.2) is 0 Å². The topological polar surface area (TPSA) is 55.8 Å². The highest BCUT2D eigenvalue weighted by molar-refractivity contribution is 5.81. The maximum atomic E-state index is 15.4. The molecule has 0 aromatic heterocycles. The van der Waals surface area contributed by atoms with Crippen LogP contribution in [0.4, 0.5) is 43.9 Å². The minimum absolute atomic E-state index is 0.0967. The highest BCUT2D eigenvalue weighted by Gasteiger charge is 2.97. The van der Waals surface area contributed by atoms with Crippen molar-refractivity contribution < 1.29 is 63.3 Å². The van der Waals surface area contributed by atoms with Crippen LogP contribution in [0.15, 0.2) is 12.7 Å². The van der Waals surface area contributed by atoms with Crippen LogP contribution in [0.25, 0.3) is 0 Å². The first kappa shape index (κ1) is 26.7. The lowest BCUT2D eigenvalue weighted by molar-refractivity contribution is -0.564. The zero-order valence-corrected chi connectivity index (χ0v) is 16.6. The van der Waals surface area contributed by atoms with Gasteiger partial charge in [0.2, 0.25) is 11.2 Å². The Morgan fingerprint density at radius 2 is 1.53 bits per heavy atom. The smallest absolute Gasteiger partial charge is 0.415 e. The molecule has 0 spiro atoms. The maximum Gasteiger partial charge on any atom is 0.462 e. The van der Waals surface area contributed by atoms with E-state index in [2.05, 4.69) is 16.1 Å². The van der Waals surface area contributed by atoms with E-state index in [0.717, 1.165) is 0 Å². The van der Waals surface area contributed by atoms with Crippen molar-refractivity contribution in [1.29, 1.82) is 0 Å². The number of aliphatic hydroxyl groups is 1. The summed E-state index contributed by atoms with van der Waals surface area (Å²) in [4.78, 5) is 11.5. The van der Waals surface area contributed by atoms with Gasteiger partial charge in [-0.05, 0) is 19.3 Å². The number of halogens is 10. The standard InChI is InChI=1S/C18H20F10O4/c1-3-11(29)31-16(18(26,27)28)15(21,22)12(30,4-2)14(19,20)13(32-16,17(23,24)25)10-8-6-5-7-9-10/h3,10,30H,1,4-9H2,2H3. The van der Waals surface area contributed by atoms with Crippen molar-refractivity contribution >= 4 is 5.97 Å². The fourth-order valence-electron chi connectivity index (χ4n) is 4.45. The van der Waals surface area contributed by atoms with Crippen molar-refractivity contribution in [1.82, 2.24) is 0 Å². The van der Waals surface area contributed by atoms with Crippen molar-refractivity contribution in [3.05, 3.63) is 12.7 Å². The second-order valence-corrected chi connectivity index (χ2v) is 7.77. The number of rotatable bonds is 4. The molecule has 0 aromatic carbocycles. The Morgan fingerprint density at radius 1 is 1.03 bits per heavy atom. The summed E-state index contributed by atoms with van der Waals surface area (Å²) >= 11 is 0. The lowest BCUT2D eigenvalue weighted by Crippen LogP contribution is -2.89. The maximum absolute atomic E-state index is 15.4. The normalized spacial score (nSPS) is 35.9. The molecule has 32 heavy (non-hydrogen) atoms. The number of ether oxygens (including phenoxy) is 2. The lowest BCUT2D eigenvalue weighted by Gasteiger charge is -2.62. The summed E-state index contributed by atoms with van der Waals surface area (Å²) < 4.78 is 153. The van der Waals surface area contributed by atoms with E-state index in [9.17, 15) is 36.2 Å². The van der Waals surface area contributed by atoms with Crippen molar-refractivity contribution in [2.45, 2.75) is 86.6 Å². The molecule has 1 heterocycles. The summed E-state index contributed by atoms with van der Waals surface area (Å²) in [6, 6.07) is 0. The molecule has 1 saturated heterocycles. The van der Waals surface area contributed by atoms with Gasteiger partial charge in [0.05, 0.1) is 0 Å². The Labute approximate surface area is 175 Å². The summed E-state index contributed by atoms with van der Waals surface area (Å²) in [5.74, 6) is -22.9. The van der Waals surface area contributed by atoms with Crippen LogP contribution in [0, 0.1) is 5.92 Å². The number of hydrogen-bond acceptors (Lipinski definition) is 4. The Balaban J connectivity index is 3.03. The molecule has 14 heteroatoms. The minimum atomic E-state index is -6.68. The SMILES string of the molecule is C=CC(=O)OC1(C(F)(F)F)OC(C2CCCCC2)(C(F)(F)F)C(F)(F)C(O)(CC)C1(F)F. The van der Waals surface area contributed by atoms with E-state index in [-0.39, 0.29) is 25.3 Å². The predicted octanol–water partition coefficient (Wildman–Crippen LogP) is 5.30. The third-order valence-electron chi connectivity index (χ3n) is 6.12. The molecule has 1 aliphatic carbocycles. The Hall–Kier alpha value is -1.57. The van der Waals surface area contributed by atoms with Crippen LogP contribution >= 0.6 is 0 Å². The van der Waals surface area contributed by atoms with Crippen LogP contribution in [0.1, 0.15) is 45.4 Å². The molecule has 1 aliphatic heterocycles. The first-order valence-electron chi connectivity index (χ1n) is 9.50. The summed E-state index contributed by atoms with van der Waals surface area (Å²) in [5.41, 5.74) is -10.5. The fourth-order valence-corrected chi connectivity index (χ4v) is 4.45. The number of alkyl halides is 10. The van der Waals surface area contributed by atoms with Crippen LogP contribution in [-0.4, -0.2) is 52.3 Å². The van der Waals surface area contributed by atoms with E-state index < -0.39 is 72.3 Å². The lowest BCUT2D eigenvalue weighted by atomic mass is 9.63. The number of carbonyl (C=O) groups is 1. The molecule has 0 aromatic rings. The number of esters is 1. The molecular weight excluding hydrogens is 470 g/mol. The molecule has 2 aliphatic rings. The van der Waals surface area contributed by atoms with Crippen molar-refractivity contribution in [3.63, 3.8) is 0 Å². The minimum Gasteiger partial charge on any atom is -0.415 e. The molecule has 2 rings (SSSR count). The first-order valence-corrected chi connectivity index (χ1v) is 9.50. The second-order valence-electron chi connectivity index (χ2n) is 7.77. The number of hydrogen-bond donors (Lipinski definition) is 1. The highest BCUT2D eigenvalue weighted by atomic mass is 19.4. The zero-order valence-electron chi connectivity index (χ0n) is 16.6. The predicted molar refractivity (Wildman–Crippen MR) is 86.7 cm³/mol. The Kier molecular flexibility index (Phi) is 6.46. The van der Waals surface area contributed by atoms with Crippen molar-refractivity contribution in [3.8, 4) is 0 Å². The van der Waals surface area contributed by atoms with Crippen LogP contribution < -0.4 is 0 Å². The largest absolute Gasteiger partial charge is 0.462 e. The molecule has 1 saturated carbocycles. The molecular formula is C18H20F10O4. The van der Waals surface area contributed by atoms with E-state index in [1.165, 1.54) is 0 Å². The monoisotopic (exact) mass is 490 g/mol. The average Bonchev–Trinajstić information content (AvgIpc) is 2.67. The van der Waals surface area contributed by atoms with Crippen LogP contribution in [0.2, 0.25) is 0 Å². The first-order chi connectivity index (χ1) is 14.3. The second kappa shape index (κ2) is 7.74. The van der Waals surface area contributed by atoms with Gasteiger partial charge in [-0.15, -0.1) is 0 Å². The average molecular weight is 490 g/mol. The molecule has 0 amide bonds. The van der Waals surface area contributed by atoms with Gasteiger partial charge in [0.1, 0.15) is 0 Å². The summed E-state index contributed by atoms with van der Waals surface area (Å²) in [7, 11) is 0. The molecule has 0 bridgehead atoms. The summed E-state index contributed by atoms with van der Waals surface area (Å²) in [6.07, 6.45) is -16.7. The molecule has 2 fully saturated rings. The van der Waals surface area contributed by atoms with Gasteiger partial charge in [-0.1, -0.05) is 32.8 Å². The molecule has 3 atom stereocenters. The Morgan fingerprint density at radius 3 is 1.91 bits per heavy atom. The van der Waals surface area contributed by atoms with E-state index in [0.29, 0.717) is 6.92 Å². The third-order valence-corrected chi connectivity index (χ3v) is 6.12. The van der Waals surface area contributed by atoms with Crippen LogP contribution in [0.5, 0.6) is 0 Å². The number of carbonyl (C=O) groups excluding carboxylic acids is 1. The van der Waals surface area contributed by atoms with Gasteiger partial charge in [-0.3, -0.25) is 0 Å². The van der Waals surface area contributed by atoms with Crippen molar-refractivity contribution in [2.75, 3.05) is 0 Å². The third kappa shape index (κ3) is 3.15. The molecule has 186 valence electrons. The van der Waals surface area contributed by atoms with Gasteiger partial charge in [-0.2, -0.15) is 43.9 Å². The quantitative estimate of drug-likeness (QED) is 0.330. The fraction of sp³-hybridized carbons (Fsp3) is 0.833. The van der Waals surface area contributed by atoms with Gasteiger partial charge in [0, 0.05) is 12.0 Å². The van der Waals surface area contributed by atoms with Crippen LogP contribution in [-0.2, 0) is 14.3 Å². The van der Waals surface area contributed by atoms with E-state index in [1.54, 1.807) is 0 Å². The van der Waals surface area contributed by atoms with Gasteiger partial charge >= 0.3 is 36.0 Å². The molecule has 3 unspecified atom stereocenters. The van der Waals surface area contributed by atoms with E-state index in [1.807, 2.05) is 0 Å². The Bertz CT molecular complexity index is 743. The highest BCUT2D eigenvalue weighted by Crippen LogP contribution is 2.69. The van der Waals surface area contributed by atoms with Gasteiger partial charge in [-0.25, -0.2) is 4.79 Å². The molecule has 4 nitrogen and oxygen atoms in total. The van der Waals surface area contributed by atoms with E-state index >= 15 is 17.6 Å².